The van der Waals surface area contributed by atoms with E-state index < -0.39 is 11.9 Å². The summed E-state index contributed by atoms with van der Waals surface area (Å²) in [6, 6.07) is 6.32. The highest BCUT2D eigenvalue weighted by molar-refractivity contribution is 5.40. The van der Waals surface area contributed by atoms with E-state index in [1.807, 2.05) is 13.0 Å². The number of methoxy groups -OCH3 is 1. The molecule has 2 rings (SSSR count). The minimum Gasteiger partial charge on any atom is -0.494 e. The largest absolute Gasteiger partial charge is 0.494 e. The van der Waals surface area contributed by atoms with Crippen LogP contribution in [0.25, 0.3) is 0 Å². The number of nitrogens with two attached hydrogens (primary N) is 1. The number of halogens is 1. The Balaban J connectivity index is 2.47. The minimum absolute atomic E-state index is 0.208. The van der Waals surface area contributed by atoms with E-state index in [0.717, 1.165) is 17.5 Å². The molecule has 4 heteroatoms. The van der Waals surface area contributed by atoms with Gasteiger partial charge in [-0.3, -0.25) is 4.98 Å². The van der Waals surface area contributed by atoms with Crippen molar-refractivity contribution in [3.8, 4) is 5.75 Å². The summed E-state index contributed by atoms with van der Waals surface area (Å²) in [5.41, 5.74) is 8.54. The van der Waals surface area contributed by atoms with E-state index in [9.17, 15) is 4.39 Å². The van der Waals surface area contributed by atoms with Gasteiger partial charge in [0, 0.05) is 18.0 Å². The van der Waals surface area contributed by atoms with Crippen LogP contribution in [0.3, 0.4) is 0 Å². The van der Waals surface area contributed by atoms with Gasteiger partial charge in [-0.15, -0.1) is 0 Å². The van der Waals surface area contributed by atoms with Crippen LogP contribution in [0.4, 0.5) is 4.39 Å². The summed E-state index contributed by atoms with van der Waals surface area (Å²) in [5, 5.41) is 0. The number of rotatable bonds is 4. The predicted molar refractivity (Wildman–Crippen MR) is 72.6 cm³/mol. The lowest BCUT2D eigenvalue weighted by Gasteiger charge is -2.17. The fraction of sp³-hybridized carbons (Fsp3) is 0.267. The molecule has 1 heterocycles. The van der Waals surface area contributed by atoms with Crippen molar-refractivity contribution in [2.45, 2.75) is 19.4 Å². The smallest absolute Gasteiger partial charge is 0.170 e. The Labute approximate surface area is 112 Å². The lowest BCUT2D eigenvalue weighted by molar-refractivity contribution is 0.383. The first-order valence-electron chi connectivity index (χ1n) is 6.19. The maximum Gasteiger partial charge on any atom is 0.170 e. The van der Waals surface area contributed by atoms with E-state index in [1.165, 1.54) is 7.11 Å². The lowest BCUT2D eigenvalue weighted by Crippen LogP contribution is -2.16. The molecule has 0 amide bonds. The van der Waals surface area contributed by atoms with Gasteiger partial charge in [0.1, 0.15) is 0 Å². The third-order valence-corrected chi connectivity index (χ3v) is 3.21. The SMILES string of the molecule is CCc1cnccc1C(N)c1cccc(OC)c1F. The second kappa shape index (κ2) is 5.80. The molecule has 0 radical (unpaired) electrons. The van der Waals surface area contributed by atoms with Crippen LogP contribution < -0.4 is 10.5 Å². The molecule has 0 aliphatic rings. The summed E-state index contributed by atoms with van der Waals surface area (Å²) in [6.45, 7) is 2.02. The Morgan fingerprint density at radius 2 is 2.11 bits per heavy atom. The van der Waals surface area contributed by atoms with Gasteiger partial charge in [-0.25, -0.2) is 4.39 Å². The molecule has 0 aliphatic carbocycles. The normalized spacial score (nSPS) is 12.2. The Hall–Kier alpha value is -1.94. The maximum absolute atomic E-state index is 14.2. The number of aryl methyl sites for hydroxylation is 1. The molecule has 1 atom stereocenters. The Morgan fingerprint density at radius 1 is 1.32 bits per heavy atom. The lowest BCUT2D eigenvalue weighted by atomic mass is 9.95. The number of nitrogens with zero attached hydrogens (tertiary/aromatic N) is 1. The molecule has 0 saturated carbocycles. The molecule has 19 heavy (non-hydrogen) atoms. The zero-order valence-corrected chi connectivity index (χ0v) is 11.1. The summed E-state index contributed by atoms with van der Waals surface area (Å²) in [7, 11) is 1.44. The Kier molecular flexibility index (Phi) is 4.12. The molecule has 1 aromatic heterocycles. The van der Waals surface area contributed by atoms with Crippen LogP contribution in [-0.4, -0.2) is 12.1 Å². The molecule has 2 aromatic rings. The van der Waals surface area contributed by atoms with Crippen LogP contribution in [0.1, 0.15) is 29.7 Å². The van der Waals surface area contributed by atoms with Crippen molar-refractivity contribution in [3.05, 3.63) is 59.2 Å². The predicted octanol–water partition coefficient (Wildman–Crippen LogP) is 2.84. The zero-order chi connectivity index (χ0) is 13.8. The van der Waals surface area contributed by atoms with Gasteiger partial charge in [0.05, 0.1) is 13.2 Å². The van der Waals surface area contributed by atoms with Crippen LogP contribution in [0, 0.1) is 5.82 Å². The van der Waals surface area contributed by atoms with Crippen LogP contribution in [0.5, 0.6) is 5.75 Å². The van der Waals surface area contributed by atoms with Crippen molar-refractivity contribution in [3.63, 3.8) is 0 Å². The van der Waals surface area contributed by atoms with Crippen molar-refractivity contribution in [2.24, 2.45) is 5.73 Å². The molecule has 0 aliphatic heterocycles. The number of ether oxygens (including phenoxy) is 1. The zero-order valence-electron chi connectivity index (χ0n) is 11.1. The fourth-order valence-electron chi connectivity index (χ4n) is 2.13. The van der Waals surface area contributed by atoms with Crippen molar-refractivity contribution < 1.29 is 9.13 Å². The van der Waals surface area contributed by atoms with Crippen LogP contribution in [0.15, 0.2) is 36.7 Å². The number of aromatic nitrogens is 1. The third-order valence-electron chi connectivity index (χ3n) is 3.21. The van der Waals surface area contributed by atoms with E-state index in [1.54, 1.807) is 30.6 Å². The number of benzene rings is 1. The topological polar surface area (TPSA) is 48.1 Å². The van der Waals surface area contributed by atoms with E-state index in [2.05, 4.69) is 4.98 Å². The van der Waals surface area contributed by atoms with Crippen LogP contribution >= 0.6 is 0 Å². The summed E-state index contributed by atoms with van der Waals surface area (Å²) < 4.78 is 19.2. The van der Waals surface area contributed by atoms with Crippen molar-refractivity contribution >= 4 is 0 Å². The first kappa shape index (κ1) is 13.5. The summed E-state index contributed by atoms with van der Waals surface area (Å²) >= 11 is 0. The van der Waals surface area contributed by atoms with Gasteiger partial charge in [-0.05, 0) is 29.7 Å². The highest BCUT2D eigenvalue weighted by Crippen LogP contribution is 2.29. The van der Waals surface area contributed by atoms with Crippen molar-refractivity contribution in [1.29, 1.82) is 0 Å². The second-order valence-corrected chi connectivity index (χ2v) is 4.27. The maximum atomic E-state index is 14.2. The van der Waals surface area contributed by atoms with Gasteiger partial charge in [-0.2, -0.15) is 0 Å². The molecule has 2 N–H and O–H groups in total. The number of pyridine rings is 1. The molecule has 1 unspecified atom stereocenters. The molecule has 0 spiro atoms. The number of hydrogen-bond acceptors (Lipinski definition) is 3. The van der Waals surface area contributed by atoms with E-state index >= 15 is 0 Å². The third kappa shape index (κ3) is 2.58. The van der Waals surface area contributed by atoms with Crippen LogP contribution in [-0.2, 0) is 6.42 Å². The van der Waals surface area contributed by atoms with Gasteiger partial charge < -0.3 is 10.5 Å². The molecule has 0 fully saturated rings. The van der Waals surface area contributed by atoms with Crippen LogP contribution in [0.2, 0.25) is 0 Å². The fourth-order valence-corrected chi connectivity index (χ4v) is 2.13. The highest BCUT2D eigenvalue weighted by atomic mass is 19.1. The molecule has 3 nitrogen and oxygen atoms in total. The first-order chi connectivity index (χ1) is 9.19. The average molecular weight is 260 g/mol. The van der Waals surface area contributed by atoms with E-state index in [4.69, 9.17) is 10.5 Å². The van der Waals surface area contributed by atoms with Gasteiger partial charge in [0.15, 0.2) is 11.6 Å². The molecule has 100 valence electrons. The minimum atomic E-state index is -0.520. The molecule has 0 bridgehead atoms. The molecule has 1 aromatic carbocycles. The standard InChI is InChI=1S/C15H17FN2O/c1-3-10-9-18-8-7-11(10)15(17)12-5-4-6-13(19-2)14(12)16/h4-9,15H,3,17H2,1-2H3. The molecular weight excluding hydrogens is 243 g/mol. The summed E-state index contributed by atoms with van der Waals surface area (Å²) in [6.07, 6.45) is 4.25. The van der Waals surface area contributed by atoms with E-state index in [-0.39, 0.29) is 5.75 Å². The van der Waals surface area contributed by atoms with Crippen molar-refractivity contribution in [1.82, 2.24) is 4.98 Å². The van der Waals surface area contributed by atoms with Gasteiger partial charge in [-0.1, -0.05) is 19.1 Å². The van der Waals surface area contributed by atoms with E-state index in [0.29, 0.717) is 5.56 Å². The average Bonchev–Trinajstić information content (AvgIpc) is 2.46. The number of hydrogen-bond donors (Lipinski definition) is 1. The molecular formula is C15H17FN2O. The monoisotopic (exact) mass is 260 g/mol. The van der Waals surface area contributed by atoms with Gasteiger partial charge in [0.2, 0.25) is 0 Å². The summed E-state index contributed by atoms with van der Waals surface area (Å²) in [4.78, 5) is 4.07. The first-order valence-corrected chi connectivity index (χ1v) is 6.19. The highest BCUT2D eigenvalue weighted by Gasteiger charge is 2.18. The van der Waals surface area contributed by atoms with Gasteiger partial charge >= 0.3 is 0 Å². The Morgan fingerprint density at radius 3 is 2.79 bits per heavy atom. The van der Waals surface area contributed by atoms with Crippen molar-refractivity contribution in [2.75, 3.05) is 7.11 Å². The summed E-state index contributed by atoms with van der Waals surface area (Å²) in [5.74, 6) is -0.198. The second-order valence-electron chi connectivity index (χ2n) is 4.27. The Bertz CT molecular complexity index is 572. The van der Waals surface area contributed by atoms with Gasteiger partial charge in [0.25, 0.3) is 0 Å². The quantitative estimate of drug-likeness (QED) is 0.919. The molecule has 0 saturated heterocycles.